The first kappa shape index (κ1) is 17.0. The monoisotopic (exact) mass is 393 g/mol. The predicted octanol–water partition coefficient (Wildman–Crippen LogP) is 3.04. The summed E-state index contributed by atoms with van der Waals surface area (Å²) in [4.78, 5) is 25.1. The Morgan fingerprint density at radius 3 is 2.58 bits per heavy atom. The number of ether oxygens (including phenoxy) is 2. The smallest absolute Gasteiger partial charge is 0.323 e. The molecule has 1 aliphatic carbocycles. The van der Waals surface area contributed by atoms with Crippen LogP contribution in [0.3, 0.4) is 0 Å². The predicted molar refractivity (Wildman–Crippen MR) is 93.7 cm³/mol. The van der Waals surface area contributed by atoms with Gasteiger partial charge in [0.15, 0.2) is 5.41 Å². The number of fused-ring (bicyclic) bond motifs is 2. The van der Waals surface area contributed by atoms with Crippen LogP contribution in [-0.4, -0.2) is 32.7 Å². The second-order valence-corrected chi connectivity index (χ2v) is 7.31. The van der Waals surface area contributed by atoms with Gasteiger partial charge < -0.3 is 14.8 Å². The molecule has 0 amide bonds. The van der Waals surface area contributed by atoms with Crippen LogP contribution < -0.4 is 5.32 Å². The Hall–Kier alpha value is -1.82. The third kappa shape index (κ3) is 2.12. The van der Waals surface area contributed by atoms with Gasteiger partial charge in [0.05, 0.1) is 19.9 Å². The quantitative estimate of drug-likeness (QED) is 0.485. The second kappa shape index (κ2) is 5.92. The van der Waals surface area contributed by atoms with Gasteiger partial charge >= 0.3 is 11.9 Å². The molecule has 1 heterocycles. The zero-order chi connectivity index (χ0) is 17.5. The topological polar surface area (TPSA) is 64.6 Å². The molecule has 1 saturated carbocycles. The lowest BCUT2D eigenvalue weighted by atomic mass is 9.72. The molecule has 0 aromatic heterocycles. The van der Waals surface area contributed by atoms with Gasteiger partial charge in [-0.25, -0.2) is 0 Å². The zero-order valence-corrected chi connectivity index (χ0v) is 15.3. The summed E-state index contributed by atoms with van der Waals surface area (Å²) in [7, 11) is 2.61. The average molecular weight is 394 g/mol. The van der Waals surface area contributed by atoms with Gasteiger partial charge in [-0.05, 0) is 46.3 Å². The maximum Gasteiger partial charge on any atom is 0.323 e. The third-order valence-electron chi connectivity index (χ3n) is 5.46. The molecule has 0 bridgehead atoms. The highest BCUT2D eigenvalue weighted by atomic mass is 79.9. The van der Waals surface area contributed by atoms with Gasteiger partial charge in [0.25, 0.3) is 0 Å². The van der Waals surface area contributed by atoms with Crippen molar-refractivity contribution in [3.8, 4) is 0 Å². The van der Waals surface area contributed by atoms with Crippen molar-refractivity contribution in [2.24, 2.45) is 11.3 Å². The van der Waals surface area contributed by atoms with Crippen LogP contribution in [0.1, 0.15) is 18.4 Å². The number of halogens is 1. The van der Waals surface area contributed by atoms with Crippen LogP contribution in [0.5, 0.6) is 0 Å². The number of nitrogens with one attached hydrogen (secondary N) is 1. The Morgan fingerprint density at radius 1 is 1.33 bits per heavy atom. The Balaban J connectivity index is 2.15. The fourth-order valence-corrected chi connectivity index (χ4v) is 4.86. The molecule has 0 saturated heterocycles. The molecule has 0 radical (unpaired) electrons. The molecule has 1 N–H and O–H groups in total. The highest BCUT2D eigenvalue weighted by Gasteiger charge is 2.64. The van der Waals surface area contributed by atoms with E-state index in [-0.39, 0.29) is 11.3 Å². The van der Waals surface area contributed by atoms with Gasteiger partial charge in [-0.1, -0.05) is 18.2 Å². The Morgan fingerprint density at radius 2 is 2.00 bits per heavy atom. The van der Waals surface area contributed by atoms with Crippen LogP contribution in [0.25, 0.3) is 0 Å². The lowest BCUT2D eigenvalue weighted by Gasteiger charge is -2.30. The van der Waals surface area contributed by atoms with Crippen molar-refractivity contribution in [1.29, 1.82) is 0 Å². The molecule has 3 rings (SSSR count). The third-order valence-corrected chi connectivity index (χ3v) is 6.12. The van der Waals surface area contributed by atoms with Crippen molar-refractivity contribution < 1.29 is 19.1 Å². The normalized spacial score (nSPS) is 26.5. The van der Waals surface area contributed by atoms with Crippen LogP contribution >= 0.6 is 15.9 Å². The molecule has 128 valence electrons. The summed E-state index contributed by atoms with van der Waals surface area (Å²) in [5.41, 5.74) is 0.420. The molecule has 1 aliphatic heterocycles. The van der Waals surface area contributed by atoms with Crippen LogP contribution in [-0.2, 0) is 24.5 Å². The zero-order valence-electron chi connectivity index (χ0n) is 13.7. The molecule has 1 spiro atoms. The highest BCUT2D eigenvalue weighted by Crippen LogP contribution is 2.60. The number of benzene rings is 1. The van der Waals surface area contributed by atoms with E-state index in [1.54, 1.807) is 0 Å². The maximum absolute atomic E-state index is 12.5. The molecule has 2 atom stereocenters. The number of carbonyl (C=O) groups excluding carboxylic acids is 2. The van der Waals surface area contributed by atoms with Gasteiger partial charge in [0.1, 0.15) is 0 Å². The molecular weight excluding hydrogens is 374 g/mol. The van der Waals surface area contributed by atoms with Crippen molar-refractivity contribution in [3.63, 3.8) is 0 Å². The first-order valence-electron chi connectivity index (χ1n) is 7.77. The molecule has 1 aromatic carbocycles. The van der Waals surface area contributed by atoms with Crippen LogP contribution in [0.4, 0.5) is 5.69 Å². The fraction of sp³-hybridized carbons (Fsp3) is 0.444. The van der Waals surface area contributed by atoms with Crippen LogP contribution in [0.2, 0.25) is 0 Å². The van der Waals surface area contributed by atoms with E-state index in [0.29, 0.717) is 19.4 Å². The van der Waals surface area contributed by atoms with E-state index >= 15 is 0 Å². The summed E-state index contributed by atoms with van der Waals surface area (Å²) < 4.78 is 10.9. The summed E-state index contributed by atoms with van der Waals surface area (Å²) in [5.74, 6) is -1.12. The van der Waals surface area contributed by atoms with Crippen LogP contribution in [0.15, 0.2) is 35.3 Å². The molecule has 6 heteroatoms. The van der Waals surface area contributed by atoms with E-state index in [2.05, 4.69) is 27.8 Å². The number of rotatable bonds is 3. The molecular formula is C18H20BrNO4. The minimum absolute atomic E-state index is 0.0428. The summed E-state index contributed by atoms with van der Waals surface area (Å²) in [6.45, 7) is 4.59. The van der Waals surface area contributed by atoms with Crippen molar-refractivity contribution in [3.05, 3.63) is 40.9 Å². The number of anilines is 1. The second-order valence-electron chi connectivity index (χ2n) is 6.46. The number of hydrogen-bond donors (Lipinski definition) is 1. The van der Waals surface area contributed by atoms with Crippen LogP contribution in [0, 0.1) is 11.3 Å². The summed E-state index contributed by atoms with van der Waals surface area (Å²) in [6.07, 6.45) is 2.52. The summed E-state index contributed by atoms with van der Waals surface area (Å²) in [6, 6.07) is 5.98. The number of allylic oxidation sites excluding steroid dienone is 1. The number of hydrogen-bond acceptors (Lipinski definition) is 5. The average Bonchev–Trinajstić information content (AvgIpc) is 3.15. The standard InChI is InChI=1S/C18H20BrNO4/c1-4-11-8-17(15(21)23-2,16(22)24-3)9-18(11)10-20-14-12(18)6-5-7-13(14)19/h4-7,11,20H,1,8-10H2,2-3H3/t11-,18-/m0/s1. The lowest BCUT2D eigenvalue weighted by molar-refractivity contribution is -0.169. The minimum Gasteiger partial charge on any atom is -0.468 e. The highest BCUT2D eigenvalue weighted by molar-refractivity contribution is 9.10. The Bertz CT molecular complexity index is 701. The van der Waals surface area contributed by atoms with Crippen molar-refractivity contribution in [2.75, 3.05) is 26.1 Å². The van der Waals surface area contributed by atoms with Gasteiger partial charge in [-0.15, -0.1) is 6.58 Å². The van der Waals surface area contributed by atoms with Gasteiger partial charge in [0, 0.05) is 16.4 Å². The summed E-state index contributed by atoms with van der Waals surface area (Å²) in [5, 5.41) is 3.42. The van der Waals surface area contributed by atoms with Gasteiger partial charge in [0.2, 0.25) is 0 Å². The maximum atomic E-state index is 12.5. The molecule has 1 fully saturated rings. The number of esters is 2. The van der Waals surface area contributed by atoms with Gasteiger partial charge in [-0.3, -0.25) is 9.59 Å². The number of methoxy groups -OCH3 is 2. The van der Waals surface area contributed by atoms with E-state index in [0.717, 1.165) is 15.7 Å². The van der Waals surface area contributed by atoms with Crippen molar-refractivity contribution in [1.82, 2.24) is 0 Å². The van der Waals surface area contributed by atoms with E-state index in [9.17, 15) is 9.59 Å². The van der Waals surface area contributed by atoms with E-state index in [1.165, 1.54) is 14.2 Å². The van der Waals surface area contributed by atoms with Gasteiger partial charge in [-0.2, -0.15) is 0 Å². The van der Waals surface area contributed by atoms with E-state index < -0.39 is 17.4 Å². The Labute approximate surface area is 149 Å². The molecule has 5 nitrogen and oxygen atoms in total. The lowest BCUT2D eigenvalue weighted by Crippen LogP contribution is -2.41. The van der Waals surface area contributed by atoms with Crippen molar-refractivity contribution in [2.45, 2.75) is 18.3 Å². The first-order chi connectivity index (χ1) is 11.4. The van der Waals surface area contributed by atoms with E-state index in [4.69, 9.17) is 9.47 Å². The van der Waals surface area contributed by atoms with Crippen molar-refractivity contribution >= 4 is 33.6 Å². The SMILES string of the molecule is C=C[C@H]1CC(C(=O)OC)(C(=O)OC)C[C@]12CNc1c(Br)cccc12. The minimum atomic E-state index is -1.30. The Kier molecular flexibility index (Phi) is 4.20. The molecule has 2 aliphatic rings. The van der Waals surface area contributed by atoms with E-state index in [1.807, 2.05) is 24.3 Å². The molecule has 0 unspecified atom stereocenters. The largest absolute Gasteiger partial charge is 0.468 e. The molecule has 1 aromatic rings. The number of carbonyl (C=O) groups is 2. The fourth-order valence-electron chi connectivity index (χ4n) is 4.36. The molecule has 24 heavy (non-hydrogen) atoms. The summed E-state index contributed by atoms with van der Waals surface area (Å²) >= 11 is 3.56. The first-order valence-corrected chi connectivity index (χ1v) is 8.57. The number of para-hydroxylation sites is 1.